The number of rotatable bonds is 5. The fraction of sp³-hybridized carbons (Fsp3) is 0.786. The summed E-state index contributed by atoms with van der Waals surface area (Å²) in [6.45, 7) is 8.32. The molecule has 3 nitrogen and oxygen atoms in total. The maximum absolute atomic E-state index is 5.78. The Morgan fingerprint density at radius 1 is 1.44 bits per heavy atom. The predicted octanol–water partition coefficient (Wildman–Crippen LogP) is 3.06. The van der Waals surface area contributed by atoms with Gasteiger partial charge >= 0.3 is 0 Å². The number of hydrogen-bond donors (Lipinski definition) is 1. The van der Waals surface area contributed by atoms with Crippen molar-refractivity contribution in [2.24, 2.45) is 0 Å². The number of nitrogens with zero attached hydrogens (tertiary/aromatic N) is 1. The Bertz CT molecular complexity index is 370. The Hall–Kier alpha value is -0.450. The second-order valence-corrected chi connectivity index (χ2v) is 6.51. The minimum atomic E-state index is 0.398. The van der Waals surface area contributed by atoms with Crippen LogP contribution in [0.4, 0.5) is 0 Å². The van der Waals surface area contributed by atoms with Gasteiger partial charge in [0.05, 0.1) is 16.8 Å². The highest BCUT2D eigenvalue weighted by atomic mass is 32.1. The summed E-state index contributed by atoms with van der Waals surface area (Å²) >= 11 is 1.84. The first kappa shape index (κ1) is 14.0. The Labute approximate surface area is 114 Å². The third-order valence-corrected chi connectivity index (χ3v) is 4.46. The number of hydrogen-bond acceptors (Lipinski definition) is 4. The fourth-order valence-electron chi connectivity index (χ4n) is 2.20. The van der Waals surface area contributed by atoms with Gasteiger partial charge in [-0.15, -0.1) is 11.3 Å². The predicted molar refractivity (Wildman–Crippen MR) is 76.1 cm³/mol. The van der Waals surface area contributed by atoms with Gasteiger partial charge in [0.15, 0.2) is 0 Å². The van der Waals surface area contributed by atoms with Crippen LogP contribution in [0.2, 0.25) is 0 Å². The SMILES string of the molecule is Cc1nc(CC2CCCCO2)sc1CNC(C)C. The van der Waals surface area contributed by atoms with Crippen molar-refractivity contribution >= 4 is 11.3 Å². The topological polar surface area (TPSA) is 34.1 Å². The molecule has 1 saturated heterocycles. The third-order valence-electron chi connectivity index (χ3n) is 3.28. The van der Waals surface area contributed by atoms with E-state index >= 15 is 0 Å². The second kappa shape index (κ2) is 6.64. The molecule has 0 amide bonds. The maximum Gasteiger partial charge on any atom is 0.0957 e. The van der Waals surface area contributed by atoms with Crippen LogP contribution in [0.15, 0.2) is 0 Å². The molecule has 0 bridgehead atoms. The fourth-order valence-corrected chi connectivity index (χ4v) is 3.28. The smallest absolute Gasteiger partial charge is 0.0957 e. The Balaban J connectivity index is 1.90. The normalized spacial score (nSPS) is 20.6. The average molecular weight is 268 g/mol. The van der Waals surface area contributed by atoms with Crippen LogP contribution in [0.3, 0.4) is 0 Å². The number of thiazole rings is 1. The van der Waals surface area contributed by atoms with Crippen molar-refractivity contribution in [1.82, 2.24) is 10.3 Å². The van der Waals surface area contributed by atoms with Crippen LogP contribution in [-0.2, 0) is 17.7 Å². The lowest BCUT2D eigenvalue weighted by molar-refractivity contribution is 0.0167. The van der Waals surface area contributed by atoms with Crippen molar-refractivity contribution < 1.29 is 4.74 Å². The van der Waals surface area contributed by atoms with Gasteiger partial charge in [0, 0.05) is 30.5 Å². The summed E-state index contributed by atoms with van der Waals surface area (Å²) in [7, 11) is 0. The lowest BCUT2D eigenvalue weighted by Gasteiger charge is -2.21. The second-order valence-electron chi connectivity index (χ2n) is 5.34. The van der Waals surface area contributed by atoms with Crippen molar-refractivity contribution in [2.75, 3.05) is 6.61 Å². The third kappa shape index (κ3) is 4.04. The molecule has 1 N–H and O–H groups in total. The Kier molecular flexibility index (Phi) is 5.15. The van der Waals surface area contributed by atoms with Crippen molar-refractivity contribution in [3.05, 3.63) is 15.6 Å². The average Bonchev–Trinajstić information content (AvgIpc) is 2.68. The van der Waals surface area contributed by atoms with Gasteiger partial charge in [0.2, 0.25) is 0 Å². The molecule has 1 aromatic rings. The molecule has 2 rings (SSSR count). The first-order chi connectivity index (χ1) is 8.65. The van der Waals surface area contributed by atoms with E-state index in [1.165, 1.54) is 34.8 Å². The van der Waals surface area contributed by atoms with Crippen LogP contribution in [0.5, 0.6) is 0 Å². The zero-order chi connectivity index (χ0) is 13.0. The Morgan fingerprint density at radius 3 is 2.94 bits per heavy atom. The van der Waals surface area contributed by atoms with Gasteiger partial charge in [-0.05, 0) is 26.2 Å². The summed E-state index contributed by atoms with van der Waals surface area (Å²) in [4.78, 5) is 6.05. The quantitative estimate of drug-likeness (QED) is 0.891. The zero-order valence-corrected chi connectivity index (χ0v) is 12.5. The van der Waals surface area contributed by atoms with Gasteiger partial charge in [0.25, 0.3) is 0 Å². The van der Waals surface area contributed by atoms with Gasteiger partial charge in [-0.1, -0.05) is 13.8 Å². The number of aryl methyl sites for hydroxylation is 1. The first-order valence-corrected chi connectivity index (χ1v) is 7.77. The van der Waals surface area contributed by atoms with Gasteiger partial charge in [-0.2, -0.15) is 0 Å². The van der Waals surface area contributed by atoms with Gasteiger partial charge in [-0.3, -0.25) is 0 Å². The lowest BCUT2D eigenvalue weighted by Crippen LogP contribution is -2.21. The molecular formula is C14H24N2OS. The molecule has 0 radical (unpaired) electrons. The van der Waals surface area contributed by atoms with E-state index in [4.69, 9.17) is 4.74 Å². The molecule has 0 aliphatic carbocycles. The molecular weight excluding hydrogens is 244 g/mol. The van der Waals surface area contributed by atoms with Crippen molar-refractivity contribution in [2.45, 2.75) is 65.1 Å². The summed E-state index contributed by atoms with van der Waals surface area (Å²) in [5, 5.41) is 4.69. The molecule has 0 spiro atoms. The molecule has 0 saturated carbocycles. The van der Waals surface area contributed by atoms with Crippen LogP contribution in [0.1, 0.15) is 48.7 Å². The van der Waals surface area contributed by atoms with Crippen molar-refractivity contribution in [3.8, 4) is 0 Å². The molecule has 1 aliphatic rings. The zero-order valence-electron chi connectivity index (χ0n) is 11.7. The number of aromatic nitrogens is 1. The minimum absolute atomic E-state index is 0.398. The van der Waals surface area contributed by atoms with E-state index in [9.17, 15) is 0 Å². The highest BCUT2D eigenvalue weighted by Gasteiger charge is 2.17. The molecule has 1 aromatic heterocycles. The molecule has 0 aromatic carbocycles. The summed E-state index contributed by atoms with van der Waals surface area (Å²) in [6, 6.07) is 0.525. The van der Waals surface area contributed by atoms with Crippen LogP contribution >= 0.6 is 11.3 Å². The van der Waals surface area contributed by atoms with Gasteiger partial charge in [0.1, 0.15) is 0 Å². The van der Waals surface area contributed by atoms with Crippen LogP contribution in [0, 0.1) is 6.92 Å². The lowest BCUT2D eigenvalue weighted by atomic mass is 10.1. The monoisotopic (exact) mass is 268 g/mol. The summed E-state index contributed by atoms with van der Waals surface area (Å²) in [5.74, 6) is 0. The highest BCUT2D eigenvalue weighted by Crippen LogP contribution is 2.23. The molecule has 4 heteroatoms. The molecule has 102 valence electrons. The van der Waals surface area contributed by atoms with Gasteiger partial charge in [-0.25, -0.2) is 4.98 Å². The Morgan fingerprint density at radius 2 is 2.28 bits per heavy atom. The van der Waals surface area contributed by atoms with E-state index in [-0.39, 0.29) is 0 Å². The van der Waals surface area contributed by atoms with Crippen LogP contribution in [-0.4, -0.2) is 23.7 Å². The van der Waals surface area contributed by atoms with E-state index < -0.39 is 0 Å². The standard InChI is InChI=1S/C14H24N2OS/c1-10(2)15-9-13-11(3)16-14(18-13)8-12-6-4-5-7-17-12/h10,12,15H,4-9H2,1-3H3. The van der Waals surface area contributed by atoms with E-state index in [0.29, 0.717) is 12.1 Å². The molecule has 1 unspecified atom stereocenters. The summed E-state index contributed by atoms with van der Waals surface area (Å²) in [6.07, 6.45) is 5.11. The van der Waals surface area contributed by atoms with E-state index in [1.54, 1.807) is 0 Å². The van der Waals surface area contributed by atoms with E-state index in [2.05, 4.69) is 31.1 Å². The van der Waals surface area contributed by atoms with Crippen LogP contribution in [0.25, 0.3) is 0 Å². The molecule has 1 fully saturated rings. The number of nitrogens with one attached hydrogen (secondary N) is 1. The highest BCUT2D eigenvalue weighted by molar-refractivity contribution is 7.11. The van der Waals surface area contributed by atoms with Gasteiger partial charge < -0.3 is 10.1 Å². The molecule has 18 heavy (non-hydrogen) atoms. The molecule has 1 aliphatic heterocycles. The van der Waals surface area contributed by atoms with E-state index in [1.807, 2.05) is 11.3 Å². The summed E-state index contributed by atoms with van der Waals surface area (Å²) in [5.41, 5.74) is 1.18. The minimum Gasteiger partial charge on any atom is -0.378 e. The number of ether oxygens (including phenoxy) is 1. The molecule has 2 heterocycles. The van der Waals surface area contributed by atoms with E-state index in [0.717, 1.165) is 19.6 Å². The molecule has 1 atom stereocenters. The van der Waals surface area contributed by atoms with Crippen molar-refractivity contribution in [3.63, 3.8) is 0 Å². The summed E-state index contributed by atoms with van der Waals surface area (Å²) < 4.78 is 5.78. The van der Waals surface area contributed by atoms with Crippen LogP contribution < -0.4 is 5.32 Å². The van der Waals surface area contributed by atoms with Crippen molar-refractivity contribution in [1.29, 1.82) is 0 Å². The maximum atomic E-state index is 5.78. The largest absolute Gasteiger partial charge is 0.378 e. The first-order valence-electron chi connectivity index (χ1n) is 6.95.